The number of hydrogen-bond acceptors (Lipinski definition) is 3. The fourth-order valence-corrected chi connectivity index (χ4v) is 3.79. The van der Waals surface area contributed by atoms with Gasteiger partial charge in [-0.25, -0.2) is 0 Å². The van der Waals surface area contributed by atoms with Crippen LogP contribution in [-0.2, 0) is 11.2 Å². The molecule has 2 aromatic rings. The molecule has 0 N–H and O–H groups in total. The van der Waals surface area contributed by atoms with E-state index in [4.69, 9.17) is 0 Å². The molecular weight excluding hydrogens is 308 g/mol. The highest BCUT2D eigenvalue weighted by Crippen LogP contribution is 2.30. The van der Waals surface area contributed by atoms with Gasteiger partial charge >= 0.3 is 0 Å². The van der Waals surface area contributed by atoms with Gasteiger partial charge in [-0.2, -0.15) is 0 Å². The number of hydrogen-bond donors (Lipinski definition) is 0. The van der Waals surface area contributed by atoms with Crippen molar-refractivity contribution in [3.05, 3.63) is 51.7 Å². The molecule has 0 bridgehead atoms. The number of amides is 2. The highest BCUT2D eigenvalue weighted by Gasteiger charge is 2.25. The number of fused-ring (bicyclic) bond motifs is 1. The van der Waals surface area contributed by atoms with Crippen LogP contribution in [0, 0.1) is 0 Å². The Morgan fingerprint density at radius 1 is 1.30 bits per heavy atom. The number of carbonyl (C=O) groups excluding carboxylic acids is 2. The van der Waals surface area contributed by atoms with Gasteiger partial charge in [0.25, 0.3) is 5.91 Å². The molecule has 0 saturated carbocycles. The van der Waals surface area contributed by atoms with Crippen LogP contribution in [0.5, 0.6) is 0 Å². The summed E-state index contributed by atoms with van der Waals surface area (Å²) in [6.07, 6.45) is 0.806. The molecule has 1 aromatic heterocycles. The zero-order chi connectivity index (χ0) is 16.6. The second kappa shape index (κ2) is 6.16. The normalized spacial score (nSPS) is 14.5. The zero-order valence-electron chi connectivity index (χ0n) is 13.6. The molecule has 0 radical (unpaired) electrons. The fraction of sp³-hybridized carbons (Fsp3) is 0.333. The zero-order valence-corrected chi connectivity index (χ0v) is 14.4. The standard InChI is InChI=1S/C18H20N2O2S/c1-12(17-5-4-10-23-17)19(3)18(22)15-6-7-16-14(11-15)8-9-20(16)13(2)21/h4-7,10-12H,8-9H2,1-3H3/t12-/m1/s1. The predicted molar refractivity (Wildman–Crippen MR) is 93.0 cm³/mol. The molecule has 2 amide bonds. The summed E-state index contributed by atoms with van der Waals surface area (Å²) in [5, 5.41) is 2.02. The van der Waals surface area contributed by atoms with Gasteiger partial charge in [-0.15, -0.1) is 11.3 Å². The van der Waals surface area contributed by atoms with Crippen LogP contribution in [0.3, 0.4) is 0 Å². The van der Waals surface area contributed by atoms with Crippen LogP contribution in [0.2, 0.25) is 0 Å². The van der Waals surface area contributed by atoms with Crippen molar-refractivity contribution in [2.75, 3.05) is 18.5 Å². The van der Waals surface area contributed by atoms with E-state index in [0.29, 0.717) is 12.1 Å². The minimum atomic E-state index is 0.00924. The maximum absolute atomic E-state index is 12.7. The summed E-state index contributed by atoms with van der Waals surface area (Å²) in [6, 6.07) is 9.73. The average Bonchev–Trinajstić information content (AvgIpc) is 3.21. The van der Waals surface area contributed by atoms with E-state index in [2.05, 4.69) is 0 Å². The summed E-state index contributed by atoms with van der Waals surface area (Å²) in [6.45, 7) is 4.31. The quantitative estimate of drug-likeness (QED) is 0.865. The van der Waals surface area contributed by atoms with E-state index < -0.39 is 0 Å². The maximum atomic E-state index is 12.7. The van der Waals surface area contributed by atoms with Gasteiger partial charge in [0.2, 0.25) is 5.91 Å². The Bertz CT molecular complexity index is 739. The number of rotatable bonds is 3. The maximum Gasteiger partial charge on any atom is 0.254 e. The first-order valence-electron chi connectivity index (χ1n) is 7.70. The van der Waals surface area contributed by atoms with Crippen molar-refractivity contribution in [1.82, 2.24) is 4.90 Å². The van der Waals surface area contributed by atoms with Gasteiger partial charge in [0.1, 0.15) is 0 Å². The molecule has 120 valence electrons. The summed E-state index contributed by atoms with van der Waals surface area (Å²) < 4.78 is 0. The molecule has 0 aliphatic carbocycles. The van der Waals surface area contributed by atoms with Gasteiger partial charge in [-0.3, -0.25) is 9.59 Å². The summed E-state index contributed by atoms with van der Waals surface area (Å²) in [5.41, 5.74) is 2.69. The lowest BCUT2D eigenvalue weighted by Gasteiger charge is -2.24. The summed E-state index contributed by atoms with van der Waals surface area (Å²) in [4.78, 5) is 29.1. The molecule has 1 aromatic carbocycles. The Hall–Kier alpha value is -2.14. The van der Waals surface area contributed by atoms with Gasteiger partial charge in [0.15, 0.2) is 0 Å². The molecule has 0 spiro atoms. The smallest absolute Gasteiger partial charge is 0.254 e. The van der Waals surface area contributed by atoms with E-state index >= 15 is 0 Å². The van der Waals surface area contributed by atoms with Crippen LogP contribution in [0.15, 0.2) is 35.7 Å². The molecule has 1 aliphatic rings. The van der Waals surface area contributed by atoms with Crippen LogP contribution in [-0.4, -0.2) is 30.3 Å². The van der Waals surface area contributed by atoms with Crippen molar-refractivity contribution in [2.45, 2.75) is 26.3 Å². The average molecular weight is 328 g/mol. The molecule has 0 fully saturated rings. The molecular formula is C18H20N2O2S. The van der Waals surface area contributed by atoms with Crippen molar-refractivity contribution < 1.29 is 9.59 Å². The SMILES string of the molecule is CC(=O)N1CCc2cc(C(=O)N(C)[C@H](C)c3cccs3)ccc21. The molecule has 0 unspecified atom stereocenters. The van der Waals surface area contributed by atoms with Crippen LogP contribution in [0.1, 0.15) is 40.7 Å². The number of anilines is 1. The first-order valence-corrected chi connectivity index (χ1v) is 8.58. The van der Waals surface area contributed by atoms with Crippen LogP contribution < -0.4 is 4.90 Å². The Balaban J connectivity index is 1.82. The largest absolute Gasteiger partial charge is 0.334 e. The molecule has 1 atom stereocenters. The van der Waals surface area contributed by atoms with Crippen LogP contribution in [0.4, 0.5) is 5.69 Å². The number of carbonyl (C=O) groups is 2. The third-order valence-corrected chi connectivity index (χ3v) is 5.50. The van der Waals surface area contributed by atoms with E-state index in [9.17, 15) is 9.59 Å². The highest BCUT2D eigenvalue weighted by atomic mass is 32.1. The van der Waals surface area contributed by atoms with Crippen LogP contribution in [0.25, 0.3) is 0 Å². The molecule has 3 rings (SSSR count). The van der Waals surface area contributed by atoms with E-state index in [1.54, 1.807) is 28.1 Å². The van der Waals surface area contributed by atoms with E-state index in [0.717, 1.165) is 17.7 Å². The Labute approximate surface area is 140 Å². The van der Waals surface area contributed by atoms with Crippen molar-refractivity contribution in [3.63, 3.8) is 0 Å². The lowest BCUT2D eigenvalue weighted by atomic mass is 10.1. The van der Waals surface area contributed by atoms with Gasteiger partial charge in [0, 0.05) is 36.6 Å². The van der Waals surface area contributed by atoms with Crippen molar-refractivity contribution in [3.8, 4) is 0 Å². The molecule has 0 saturated heterocycles. The van der Waals surface area contributed by atoms with Gasteiger partial charge in [0.05, 0.1) is 6.04 Å². The minimum Gasteiger partial charge on any atom is -0.334 e. The minimum absolute atomic E-state index is 0.00924. The van der Waals surface area contributed by atoms with Crippen molar-refractivity contribution in [1.29, 1.82) is 0 Å². The van der Waals surface area contributed by atoms with E-state index in [1.165, 1.54) is 4.88 Å². The highest BCUT2D eigenvalue weighted by molar-refractivity contribution is 7.10. The number of nitrogens with zero attached hydrogens (tertiary/aromatic N) is 2. The Kier molecular flexibility index (Phi) is 4.22. The first-order chi connectivity index (χ1) is 11.0. The first kappa shape index (κ1) is 15.7. The third kappa shape index (κ3) is 2.88. The molecule has 5 heteroatoms. The summed E-state index contributed by atoms with van der Waals surface area (Å²) in [7, 11) is 1.84. The second-order valence-corrected chi connectivity index (χ2v) is 6.85. The van der Waals surface area contributed by atoms with Gasteiger partial charge in [-0.05, 0) is 48.6 Å². The van der Waals surface area contributed by atoms with E-state index in [1.807, 2.05) is 49.7 Å². The molecule has 23 heavy (non-hydrogen) atoms. The topological polar surface area (TPSA) is 40.6 Å². The van der Waals surface area contributed by atoms with Crippen molar-refractivity contribution in [2.24, 2.45) is 0 Å². The molecule has 4 nitrogen and oxygen atoms in total. The predicted octanol–water partition coefficient (Wildman–Crippen LogP) is 3.49. The summed E-state index contributed by atoms with van der Waals surface area (Å²) >= 11 is 1.66. The monoisotopic (exact) mass is 328 g/mol. The van der Waals surface area contributed by atoms with Gasteiger partial charge in [-0.1, -0.05) is 6.07 Å². The summed E-state index contributed by atoms with van der Waals surface area (Å²) in [5.74, 6) is 0.0567. The fourth-order valence-electron chi connectivity index (χ4n) is 2.96. The Morgan fingerprint density at radius 3 is 2.74 bits per heavy atom. The lowest BCUT2D eigenvalue weighted by Crippen LogP contribution is -2.29. The second-order valence-electron chi connectivity index (χ2n) is 5.87. The number of benzene rings is 1. The van der Waals surface area contributed by atoms with E-state index in [-0.39, 0.29) is 17.9 Å². The molecule has 2 heterocycles. The third-order valence-electron chi connectivity index (χ3n) is 4.46. The van der Waals surface area contributed by atoms with Gasteiger partial charge < -0.3 is 9.80 Å². The van der Waals surface area contributed by atoms with Crippen molar-refractivity contribution >= 4 is 28.8 Å². The van der Waals surface area contributed by atoms with Crippen LogP contribution >= 0.6 is 11.3 Å². The lowest BCUT2D eigenvalue weighted by molar-refractivity contribution is -0.116. The Morgan fingerprint density at radius 2 is 2.09 bits per heavy atom. The number of thiophene rings is 1. The molecule has 1 aliphatic heterocycles.